The van der Waals surface area contributed by atoms with E-state index in [9.17, 15) is 4.79 Å². The first-order valence-electron chi connectivity index (χ1n) is 5.23. The summed E-state index contributed by atoms with van der Waals surface area (Å²) < 4.78 is 6.93. The maximum Gasteiger partial charge on any atom is 0.276 e. The van der Waals surface area contributed by atoms with Crippen LogP contribution in [0.5, 0.6) is 5.88 Å². The number of halogens is 1. The zero-order chi connectivity index (χ0) is 12.4. The van der Waals surface area contributed by atoms with Crippen molar-refractivity contribution in [3.63, 3.8) is 0 Å². The van der Waals surface area contributed by atoms with E-state index in [4.69, 9.17) is 16.3 Å². The van der Waals surface area contributed by atoms with Gasteiger partial charge in [0, 0.05) is 6.54 Å². The predicted molar refractivity (Wildman–Crippen MR) is 62.3 cm³/mol. The summed E-state index contributed by atoms with van der Waals surface area (Å²) in [4.78, 5) is 19.6. The van der Waals surface area contributed by atoms with Crippen LogP contribution in [0.2, 0.25) is 0 Å². The minimum Gasteiger partial charge on any atom is -0.476 e. The molecule has 0 bridgehead atoms. The summed E-state index contributed by atoms with van der Waals surface area (Å²) in [6.45, 7) is 4.79. The van der Waals surface area contributed by atoms with Crippen LogP contribution in [-0.4, -0.2) is 31.6 Å². The number of aromatic nitrogens is 4. The Morgan fingerprint density at radius 1 is 1.47 bits per heavy atom. The van der Waals surface area contributed by atoms with Gasteiger partial charge in [-0.3, -0.25) is 4.79 Å². The first-order valence-corrected chi connectivity index (χ1v) is 5.61. The van der Waals surface area contributed by atoms with E-state index in [1.807, 2.05) is 6.92 Å². The summed E-state index contributed by atoms with van der Waals surface area (Å²) in [6, 6.07) is 0. The third kappa shape index (κ3) is 2.08. The van der Waals surface area contributed by atoms with Crippen LogP contribution in [0.3, 0.4) is 0 Å². The number of carbonyl (C=O) groups is 1. The molecule has 0 atom stereocenters. The van der Waals surface area contributed by atoms with E-state index in [0.717, 1.165) is 0 Å². The highest BCUT2D eigenvalue weighted by molar-refractivity contribution is 6.67. The highest BCUT2D eigenvalue weighted by atomic mass is 35.5. The van der Waals surface area contributed by atoms with Gasteiger partial charge in [-0.25, -0.2) is 9.67 Å². The Morgan fingerprint density at radius 2 is 2.24 bits per heavy atom. The molecule has 0 radical (unpaired) electrons. The second-order valence-corrected chi connectivity index (χ2v) is 3.60. The van der Waals surface area contributed by atoms with Crippen LogP contribution in [0.25, 0.3) is 11.2 Å². The fourth-order valence-corrected chi connectivity index (χ4v) is 1.60. The Bertz CT molecular complexity index is 567. The first-order chi connectivity index (χ1) is 8.17. The summed E-state index contributed by atoms with van der Waals surface area (Å²) in [5.41, 5.74) is 1.13. The van der Waals surface area contributed by atoms with Crippen molar-refractivity contribution in [2.24, 2.45) is 0 Å². The Morgan fingerprint density at radius 3 is 2.82 bits per heavy atom. The van der Waals surface area contributed by atoms with Crippen LogP contribution in [0.4, 0.5) is 0 Å². The van der Waals surface area contributed by atoms with Crippen molar-refractivity contribution in [3.8, 4) is 5.88 Å². The van der Waals surface area contributed by atoms with Crippen molar-refractivity contribution in [1.82, 2.24) is 19.7 Å². The van der Waals surface area contributed by atoms with Crippen LogP contribution >= 0.6 is 11.6 Å². The number of nitrogens with zero attached hydrogens (tertiary/aromatic N) is 4. The van der Waals surface area contributed by atoms with Crippen molar-refractivity contribution < 1.29 is 9.53 Å². The predicted octanol–water partition coefficient (Wildman–Crippen LogP) is 1.62. The molecule has 0 aliphatic rings. The van der Waals surface area contributed by atoms with Crippen molar-refractivity contribution in [2.45, 2.75) is 20.4 Å². The standard InChI is InChI=1S/C10H11ClN4O2/c1-3-15-9-6(5-12-15)13-7(8(11)16)10(14-9)17-4-2/h5H,3-4H2,1-2H3. The van der Waals surface area contributed by atoms with E-state index < -0.39 is 5.24 Å². The molecule has 2 aromatic heterocycles. The van der Waals surface area contributed by atoms with Crippen LogP contribution in [-0.2, 0) is 6.54 Å². The zero-order valence-electron chi connectivity index (χ0n) is 9.47. The van der Waals surface area contributed by atoms with Gasteiger partial charge in [-0.05, 0) is 25.4 Å². The van der Waals surface area contributed by atoms with Gasteiger partial charge < -0.3 is 4.74 Å². The van der Waals surface area contributed by atoms with Gasteiger partial charge in [0.25, 0.3) is 5.24 Å². The van der Waals surface area contributed by atoms with Gasteiger partial charge in [0.15, 0.2) is 11.3 Å². The number of rotatable bonds is 4. The number of carbonyl (C=O) groups excluding carboxylic acids is 1. The van der Waals surface area contributed by atoms with Gasteiger partial charge in [-0.2, -0.15) is 10.1 Å². The molecule has 2 rings (SSSR count). The van der Waals surface area contributed by atoms with E-state index in [-0.39, 0.29) is 11.6 Å². The molecule has 17 heavy (non-hydrogen) atoms. The molecule has 0 spiro atoms. The van der Waals surface area contributed by atoms with Gasteiger partial charge >= 0.3 is 0 Å². The Hall–Kier alpha value is -1.69. The Labute approximate surface area is 103 Å². The molecule has 90 valence electrons. The summed E-state index contributed by atoms with van der Waals surface area (Å²) in [6.07, 6.45) is 1.55. The maximum absolute atomic E-state index is 11.2. The summed E-state index contributed by atoms with van der Waals surface area (Å²) >= 11 is 5.44. The van der Waals surface area contributed by atoms with Crippen LogP contribution < -0.4 is 4.74 Å². The largest absolute Gasteiger partial charge is 0.476 e. The van der Waals surface area contributed by atoms with Crippen molar-refractivity contribution >= 4 is 28.0 Å². The molecule has 0 saturated carbocycles. The van der Waals surface area contributed by atoms with E-state index in [2.05, 4.69) is 15.1 Å². The normalized spacial score (nSPS) is 10.8. The lowest BCUT2D eigenvalue weighted by molar-refractivity contribution is 0.107. The molecule has 0 fully saturated rings. The molecule has 2 heterocycles. The van der Waals surface area contributed by atoms with Crippen LogP contribution in [0.1, 0.15) is 24.3 Å². The fourth-order valence-electron chi connectivity index (χ4n) is 1.48. The fraction of sp³-hybridized carbons (Fsp3) is 0.400. The smallest absolute Gasteiger partial charge is 0.276 e. The van der Waals surface area contributed by atoms with Crippen LogP contribution in [0.15, 0.2) is 6.20 Å². The van der Waals surface area contributed by atoms with E-state index in [1.54, 1.807) is 17.8 Å². The first kappa shape index (κ1) is 11.8. The monoisotopic (exact) mass is 254 g/mol. The maximum atomic E-state index is 11.2. The number of ether oxygens (including phenoxy) is 1. The van der Waals surface area contributed by atoms with E-state index in [1.165, 1.54) is 0 Å². The topological polar surface area (TPSA) is 69.9 Å². The number of hydrogen-bond donors (Lipinski definition) is 0. The average Bonchev–Trinajstić information content (AvgIpc) is 2.70. The highest BCUT2D eigenvalue weighted by Gasteiger charge is 2.17. The third-order valence-corrected chi connectivity index (χ3v) is 2.38. The SMILES string of the molecule is CCOc1nc2c(cnn2CC)nc1C(=O)Cl. The van der Waals surface area contributed by atoms with Crippen molar-refractivity contribution in [1.29, 1.82) is 0 Å². The van der Waals surface area contributed by atoms with Crippen LogP contribution in [0, 0.1) is 0 Å². The minimum atomic E-state index is -0.688. The molecular formula is C10H11ClN4O2. The molecule has 0 unspecified atom stereocenters. The van der Waals surface area contributed by atoms with Gasteiger partial charge in [-0.15, -0.1) is 0 Å². The second kappa shape index (κ2) is 4.67. The number of hydrogen-bond acceptors (Lipinski definition) is 5. The Balaban J connectivity index is 2.65. The lowest BCUT2D eigenvalue weighted by Gasteiger charge is -2.05. The minimum absolute atomic E-state index is 0.0247. The van der Waals surface area contributed by atoms with Gasteiger partial charge in [-0.1, -0.05) is 0 Å². The second-order valence-electron chi connectivity index (χ2n) is 3.25. The number of fused-ring (bicyclic) bond motifs is 1. The molecular weight excluding hydrogens is 244 g/mol. The molecule has 7 heteroatoms. The number of aryl methyl sites for hydroxylation is 1. The lowest BCUT2D eigenvalue weighted by atomic mass is 10.4. The summed E-state index contributed by atoms with van der Waals surface area (Å²) in [7, 11) is 0. The van der Waals surface area contributed by atoms with Crippen molar-refractivity contribution in [3.05, 3.63) is 11.9 Å². The lowest BCUT2D eigenvalue weighted by Crippen LogP contribution is -2.06. The van der Waals surface area contributed by atoms with Gasteiger partial charge in [0.05, 0.1) is 12.8 Å². The molecule has 2 aromatic rings. The summed E-state index contributed by atoms with van der Waals surface area (Å²) in [5.74, 6) is 0.148. The molecule has 6 nitrogen and oxygen atoms in total. The molecule has 0 amide bonds. The molecule has 0 aliphatic heterocycles. The quantitative estimate of drug-likeness (QED) is 0.776. The average molecular weight is 255 g/mol. The van der Waals surface area contributed by atoms with Crippen molar-refractivity contribution in [2.75, 3.05) is 6.61 Å². The third-order valence-electron chi connectivity index (χ3n) is 2.20. The zero-order valence-corrected chi connectivity index (χ0v) is 10.2. The van der Waals surface area contributed by atoms with E-state index >= 15 is 0 Å². The summed E-state index contributed by atoms with van der Waals surface area (Å²) in [5, 5.41) is 3.41. The molecule has 0 saturated heterocycles. The Kier molecular flexibility index (Phi) is 3.23. The molecule has 0 aliphatic carbocycles. The highest BCUT2D eigenvalue weighted by Crippen LogP contribution is 2.20. The van der Waals surface area contributed by atoms with E-state index in [0.29, 0.717) is 24.3 Å². The van der Waals surface area contributed by atoms with Gasteiger partial charge in [0.2, 0.25) is 5.88 Å². The molecule has 0 aromatic carbocycles. The van der Waals surface area contributed by atoms with Gasteiger partial charge in [0.1, 0.15) is 5.52 Å². The molecule has 0 N–H and O–H groups in total.